The molecule has 1 aliphatic carbocycles. The molecule has 1 saturated carbocycles. The molecule has 1 aliphatic rings. The van der Waals surface area contributed by atoms with E-state index in [1.165, 1.54) is 22.3 Å². The molecule has 0 saturated heterocycles. The number of aryl methyl sites for hydroxylation is 2. The van der Waals surface area contributed by atoms with Crippen molar-refractivity contribution in [2.24, 2.45) is 0 Å². The molecule has 0 amide bonds. The molecule has 136 valence electrons. The number of hydrogen-bond donors (Lipinski definition) is 1. The molecule has 0 unspecified atom stereocenters. The second kappa shape index (κ2) is 7.29. The van der Waals surface area contributed by atoms with Gasteiger partial charge in [0, 0.05) is 11.0 Å². The second-order valence-corrected chi connectivity index (χ2v) is 7.82. The zero-order chi connectivity index (χ0) is 18.8. The van der Waals surface area contributed by atoms with Gasteiger partial charge >= 0.3 is 0 Å². The van der Waals surface area contributed by atoms with Crippen LogP contribution in [0.15, 0.2) is 42.5 Å². The summed E-state index contributed by atoms with van der Waals surface area (Å²) in [6.07, 6.45) is 4.82. The summed E-state index contributed by atoms with van der Waals surface area (Å²) in [5.41, 5.74) is 5.57. The molecule has 0 radical (unpaired) electrons. The van der Waals surface area contributed by atoms with E-state index in [1.54, 1.807) is 0 Å². The fraction of sp³-hybridized carbons (Fsp3) is 0.440. The largest absolute Gasteiger partial charge is 0.378 e. The lowest BCUT2D eigenvalue weighted by atomic mass is 9.70. The monoisotopic (exact) mass is 346 g/mol. The predicted octanol–water partition coefficient (Wildman–Crippen LogP) is 5.68. The highest BCUT2D eigenvalue weighted by atomic mass is 16.3. The quantitative estimate of drug-likeness (QED) is 0.707. The molecule has 1 heteroatoms. The topological polar surface area (TPSA) is 20.2 Å². The third kappa shape index (κ3) is 3.44. The molecule has 26 heavy (non-hydrogen) atoms. The van der Waals surface area contributed by atoms with Gasteiger partial charge in [0.15, 0.2) is 0 Å². The number of hydrogen-bond acceptors (Lipinski definition) is 1. The summed E-state index contributed by atoms with van der Waals surface area (Å²) >= 11 is 0. The molecule has 1 fully saturated rings. The molecule has 0 aromatic heterocycles. The lowest BCUT2D eigenvalue weighted by Crippen LogP contribution is -2.34. The van der Waals surface area contributed by atoms with Crippen LogP contribution < -0.4 is 0 Å². The van der Waals surface area contributed by atoms with Gasteiger partial charge in [-0.15, -0.1) is 0 Å². The normalized spacial score (nSPS) is 15.7. The van der Waals surface area contributed by atoms with E-state index >= 15 is 0 Å². The summed E-state index contributed by atoms with van der Waals surface area (Å²) in [6.45, 7) is 8.85. The van der Waals surface area contributed by atoms with Crippen molar-refractivity contribution in [3.05, 3.63) is 70.3 Å². The molecular weight excluding hydrogens is 316 g/mol. The summed E-state index contributed by atoms with van der Waals surface area (Å²) < 4.78 is 0. The van der Waals surface area contributed by atoms with Crippen molar-refractivity contribution in [3.63, 3.8) is 0 Å². The standard InChI is InChI=1S/C25H30O/c1-5-25(6-2,22-10-7-9-19(3)17-22)23-12-11-21(20(4)18-23)13-16-24(26)14-8-15-24/h7,9-12,17-18,26H,5-6,8,14-15H2,1-4H3. The zero-order valence-corrected chi connectivity index (χ0v) is 16.5. The molecule has 1 nitrogen and oxygen atoms in total. The Morgan fingerprint density at radius 3 is 2.23 bits per heavy atom. The van der Waals surface area contributed by atoms with Crippen molar-refractivity contribution >= 4 is 0 Å². The average molecular weight is 347 g/mol. The van der Waals surface area contributed by atoms with Crippen molar-refractivity contribution < 1.29 is 5.11 Å². The van der Waals surface area contributed by atoms with Crippen molar-refractivity contribution in [2.45, 2.75) is 70.8 Å². The lowest BCUT2D eigenvalue weighted by molar-refractivity contribution is 0.0240. The van der Waals surface area contributed by atoms with Crippen LogP contribution in [-0.4, -0.2) is 10.7 Å². The van der Waals surface area contributed by atoms with Gasteiger partial charge in [-0.1, -0.05) is 67.6 Å². The Kier molecular flexibility index (Phi) is 5.26. The van der Waals surface area contributed by atoms with Crippen molar-refractivity contribution in [2.75, 3.05) is 0 Å². The van der Waals surface area contributed by atoms with Crippen LogP contribution >= 0.6 is 0 Å². The molecule has 1 N–H and O–H groups in total. The van der Waals surface area contributed by atoms with Crippen LogP contribution in [0.25, 0.3) is 0 Å². The van der Waals surface area contributed by atoms with E-state index in [0.29, 0.717) is 0 Å². The predicted molar refractivity (Wildman–Crippen MR) is 109 cm³/mol. The summed E-state index contributed by atoms with van der Waals surface area (Å²) in [7, 11) is 0. The Labute approximate surface area is 158 Å². The molecule has 2 aromatic rings. The Hall–Kier alpha value is -2.04. The van der Waals surface area contributed by atoms with E-state index < -0.39 is 5.60 Å². The fourth-order valence-corrected chi connectivity index (χ4v) is 4.10. The maximum Gasteiger partial charge on any atom is 0.125 e. The minimum absolute atomic E-state index is 0.0366. The molecule has 0 atom stereocenters. The SMILES string of the molecule is CCC(CC)(c1cccc(C)c1)c1ccc(C#CC2(O)CCC2)c(C)c1. The summed E-state index contributed by atoms with van der Waals surface area (Å²) in [5, 5.41) is 10.2. The summed E-state index contributed by atoms with van der Waals surface area (Å²) in [4.78, 5) is 0. The first-order valence-electron chi connectivity index (χ1n) is 9.86. The van der Waals surface area contributed by atoms with Gasteiger partial charge < -0.3 is 5.11 Å². The summed E-state index contributed by atoms with van der Waals surface area (Å²) in [5.74, 6) is 6.30. The van der Waals surface area contributed by atoms with E-state index in [2.05, 4.69) is 82.0 Å². The molecule has 0 spiro atoms. The van der Waals surface area contributed by atoms with Gasteiger partial charge in [0.25, 0.3) is 0 Å². The van der Waals surface area contributed by atoms with E-state index in [9.17, 15) is 5.11 Å². The highest BCUT2D eigenvalue weighted by Crippen LogP contribution is 2.39. The van der Waals surface area contributed by atoms with Gasteiger partial charge in [0.05, 0.1) is 0 Å². The van der Waals surface area contributed by atoms with Crippen LogP contribution in [-0.2, 0) is 5.41 Å². The first kappa shape index (κ1) is 18.7. The Morgan fingerprint density at radius 2 is 1.69 bits per heavy atom. The first-order chi connectivity index (χ1) is 12.4. The third-order valence-corrected chi connectivity index (χ3v) is 6.17. The average Bonchev–Trinajstić information content (AvgIpc) is 2.61. The molecular formula is C25H30O. The van der Waals surface area contributed by atoms with E-state index in [4.69, 9.17) is 0 Å². The Morgan fingerprint density at radius 1 is 1.00 bits per heavy atom. The Bertz CT molecular complexity index is 842. The smallest absolute Gasteiger partial charge is 0.125 e. The molecule has 0 heterocycles. The highest BCUT2D eigenvalue weighted by molar-refractivity contribution is 5.49. The van der Waals surface area contributed by atoms with Crippen molar-refractivity contribution in [1.29, 1.82) is 0 Å². The maximum absolute atomic E-state index is 10.2. The van der Waals surface area contributed by atoms with Gasteiger partial charge in [0.2, 0.25) is 0 Å². The minimum Gasteiger partial charge on any atom is -0.378 e. The fourth-order valence-electron chi connectivity index (χ4n) is 4.10. The molecule has 0 aliphatic heterocycles. The molecule has 3 rings (SSSR count). The van der Waals surface area contributed by atoms with E-state index in [0.717, 1.165) is 37.7 Å². The zero-order valence-electron chi connectivity index (χ0n) is 16.5. The van der Waals surface area contributed by atoms with Crippen LogP contribution in [0.3, 0.4) is 0 Å². The second-order valence-electron chi connectivity index (χ2n) is 7.82. The van der Waals surface area contributed by atoms with Gasteiger partial charge in [0.1, 0.15) is 5.60 Å². The number of aliphatic hydroxyl groups is 1. The van der Waals surface area contributed by atoms with Gasteiger partial charge in [-0.3, -0.25) is 0 Å². The van der Waals surface area contributed by atoms with E-state index in [1.807, 2.05) is 0 Å². The van der Waals surface area contributed by atoms with E-state index in [-0.39, 0.29) is 5.41 Å². The van der Waals surface area contributed by atoms with Crippen LogP contribution in [0.4, 0.5) is 0 Å². The van der Waals surface area contributed by atoms with Gasteiger partial charge in [-0.2, -0.15) is 0 Å². The van der Waals surface area contributed by atoms with Crippen LogP contribution in [0.5, 0.6) is 0 Å². The summed E-state index contributed by atoms with van der Waals surface area (Å²) in [6, 6.07) is 15.6. The Balaban J connectivity index is 2.00. The number of benzene rings is 2. The highest BCUT2D eigenvalue weighted by Gasteiger charge is 2.32. The van der Waals surface area contributed by atoms with Crippen molar-refractivity contribution in [3.8, 4) is 11.8 Å². The minimum atomic E-state index is -0.747. The van der Waals surface area contributed by atoms with Gasteiger partial charge in [-0.25, -0.2) is 0 Å². The molecule has 2 aromatic carbocycles. The molecule has 0 bridgehead atoms. The van der Waals surface area contributed by atoms with Crippen LogP contribution in [0, 0.1) is 25.7 Å². The lowest BCUT2D eigenvalue weighted by Gasteiger charge is -2.34. The first-order valence-corrected chi connectivity index (χ1v) is 9.86. The van der Waals surface area contributed by atoms with Crippen molar-refractivity contribution in [1.82, 2.24) is 0 Å². The van der Waals surface area contributed by atoms with Gasteiger partial charge in [-0.05, 0) is 68.7 Å². The third-order valence-electron chi connectivity index (χ3n) is 6.17. The van der Waals surface area contributed by atoms with Crippen LogP contribution in [0.1, 0.15) is 73.8 Å². The number of rotatable bonds is 4. The van der Waals surface area contributed by atoms with Crippen LogP contribution in [0.2, 0.25) is 0 Å². The maximum atomic E-state index is 10.2.